The molecule has 22 heavy (non-hydrogen) atoms. The molecule has 2 aromatic rings. The summed E-state index contributed by atoms with van der Waals surface area (Å²) in [5, 5.41) is 12.8. The Labute approximate surface area is 130 Å². The average molecular weight is 302 g/mol. The number of hydrogen-bond acceptors (Lipinski definition) is 4. The molecule has 4 heteroatoms. The van der Waals surface area contributed by atoms with Crippen molar-refractivity contribution in [3.8, 4) is 5.75 Å². The molecule has 0 amide bonds. The van der Waals surface area contributed by atoms with Gasteiger partial charge in [0.25, 0.3) is 0 Å². The Balaban J connectivity index is 2.36. The Morgan fingerprint density at radius 2 is 1.82 bits per heavy atom. The molecule has 0 radical (unpaired) electrons. The average Bonchev–Trinajstić information content (AvgIpc) is 2.53. The summed E-state index contributed by atoms with van der Waals surface area (Å²) in [5.74, 6) is 0.402. The molecule has 0 saturated heterocycles. The van der Waals surface area contributed by atoms with E-state index >= 15 is 0 Å². The highest BCUT2D eigenvalue weighted by Crippen LogP contribution is 2.32. The minimum atomic E-state index is -1.21. The van der Waals surface area contributed by atoms with Gasteiger partial charge in [0.05, 0.1) is 25.7 Å². The Morgan fingerprint density at radius 1 is 1.14 bits per heavy atom. The van der Waals surface area contributed by atoms with Gasteiger partial charge in [-0.15, -0.1) is 0 Å². The van der Waals surface area contributed by atoms with E-state index < -0.39 is 5.60 Å². The highest BCUT2D eigenvalue weighted by molar-refractivity contribution is 5.85. The molecule has 0 saturated carbocycles. The van der Waals surface area contributed by atoms with Crippen molar-refractivity contribution in [3.05, 3.63) is 42.0 Å². The molecule has 4 nitrogen and oxygen atoms in total. The van der Waals surface area contributed by atoms with Crippen LogP contribution >= 0.6 is 0 Å². The maximum Gasteiger partial charge on any atom is 0.309 e. The van der Waals surface area contributed by atoms with Crippen LogP contribution in [0.15, 0.2) is 36.4 Å². The van der Waals surface area contributed by atoms with Gasteiger partial charge in [0.2, 0.25) is 0 Å². The minimum Gasteiger partial charge on any atom is -0.497 e. The fourth-order valence-corrected chi connectivity index (χ4v) is 2.52. The zero-order chi connectivity index (χ0) is 16.2. The van der Waals surface area contributed by atoms with Crippen LogP contribution in [0.3, 0.4) is 0 Å². The van der Waals surface area contributed by atoms with Crippen LogP contribution in [0.5, 0.6) is 5.75 Å². The minimum absolute atomic E-state index is 0.0427. The maximum atomic E-state index is 11.7. The lowest BCUT2D eigenvalue weighted by atomic mass is 9.86. The highest BCUT2D eigenvalue weighted by atomic mass is 16.5. The van der Waals surface area contributed by atoms with E-state index in [1.165, 1.54) is 0 Å². The number of fused-ring (bicyclic) bond motifs is 1. The number of carbonyl (C=O) groups excluding carboxylic acids is 1. The second-order valence-electron chi connectivity index (χ2n) is 5.29. The van der Waals surface area contributed by atoms with Crippen LogP contribution in [0, 0.1) is 0 Å². The van der Waals surface area contributed by atoms with E-state index in [0.29, 0.717) is 13.0 Å². The zero-order valence-electron chi connectivity index (χ0n) is 13.3. The summed E-state index contributed by atoms with van der Waals surface area (Å²) in [6.07, 6.45) is 0.395. The molecular formula is C18H22O4. The molecule has 0 aliphatic rings. The molecule has 118 valence electrons. The Morgan fingerprint density at radius 3 is 2.45 bits per heavy atom. The fraction of sp³-hybridized carbons (Fsp3) is 0.389. The second kappa shape index (κ2) is 6.79. The summed E-state index contributed by atoms with van der Waals surface area (Å²) in [5.41, 5.74) is -0.485. The van der Waals surface area contributed by atoms with Gasteiger partial charge >= 0.3 is 5.97 Å². The third-order valence-corrected chi connectivity index (χ3v) is 3.91. The Bertz CT molecular complexity index is 665. The van der Waals surface area contributed by atoms with Crippen molar-refractivity contribution in [1.82, 2.24) is 0 Å². The van der Waals surface area contributed by atoms with E-state index in [4.69, 9.17) is 9.47 Å². The number of esters is 1. The number of carbonyl (C=O) groups is 1. The lowest BCUT2D eigenvalue weighted by molar-refractivity contribution is -0.149. The molecule has 0 aliphatic carbocycles. The van der Waals surface area contributed by atoms with Crippen LogP contribution in [-0.2, 0) is 15.1 Å². The molecule has 1 N–H and O–H groups in total. The van der Waals surface area contributed by atoms with Crippen molar-refractivity contribution < 1.29 is 19.4 Å². The van der Waals surface area contributed by atoms with Gasteiger partial charge < -0.3 is 14.6 Å². The third-order valence-electron chi connectivity index (χ3n) is 3.91. The first-order valence-corrected chi connectivity index (χ1v) is 7.48. The van der Waals surface area contributed by atoms with Crippen molar-refractivity contribution in [2.24, 2.45) is 0 Å². The van der Waals surface area contributed by atoms with Gasteiger partial charge in [0.1, 0.15) is 5.75 Å². The normalized spacial score (nSPS) is 13.6. The van der Waals surface area contributed by atoms with Gasteiger partial charge in [-0.05, 0) is 47.9 Å². The van der Waals surface area contributed by atoms with Gasteiger partial charge in [-0.25, -0.2) is 0 Å². The molecule has 0 bridgehead atoms. The lowest BCUT2D eigenvalue weighted by Crippen LogP contribution is -2.29. The van der Waals surface area contributed by atoms with Crippen molar-refractivity contribution in [2.45, 2.75) is 32.3 Å². The first-order valence-electron chi connectivity index (χ1n) is 7.48. The van der Waals surface area contributed by atoms with Crippen LogP contribution < -0.4 is 4.74 Å². The highest BCUT2D eigenvalue weighted by Gasteiger charge is 2.31. The summed E-state index contributed by atoms with van der Waals surface area (Å²) >= 11 is 0. The molecule has 0 unspecified atom stereocenters. The van der Waals surface area contributed by atoms with Gasteiger partial charge in [-0.2, -0.15) is 0 Å². The summed E-state index contributed by atoms with van der Waals surface area (Å²) < 4.78 is 10.2. The number of ether oxygens (including phenoxy) is 2. The smallest absolute Gasteiger partial charge is 0.309 e. The molecule has 1 atom stereocenters. The molecule has 2 rings (SSSR count). The number of aliphatic hydroxyl groups is 1. The fourth-order valence-electron chi connectivity index (χ4n) is 2.52. The van der Waals surface area contributed by atoms with E-state index in [1.54, 1.807) is 14.0 Å². The Kier molecular flexibility index (Phi) is 5.03. The van der Waals surface area contributed by atoms with Crippen molar-refractivity contribution in [3.63, 3.8) is 0 Å². The quantitative estimate of drug-likeness (QED) is 0.831. The van der Waals surface area contributed by atoms with Crippen molar-refractivity contribution in [1.29, 1.82) is 0 Å². The monoisotopic (exact) mass is 302 g/mol. The van der Waals surface area contributed by atoms with E-state index in [0.717, 1.165) is 22.1 Å². The lowest BCUT2D eigenvalue weighted by Gasteiger charge is -2.26. The number of benzene rings is 2. The summed E-state index contributed by atoms with van der Waals surface area (Å²) in [7, 11) is 1.63. The molecule has 0 heterocycles. The molecule has 0 aliphatic heterocycles. The largest absolute Gasteiger partial charge is 0.497 e. The van der Waals surface area contributed by atoms with E-state index in [2.05, 4.69) is 0 Å². The molecule has 0 fully saturated rings. The van der Waals surface area contributed by atoms with Crippen molar-refractivity contribution >= 4 is 16.7 Å². The standard InChI is InChI=1S/C18H22O4/c1-4-18(20,12-17(19)22-5-2)15-8-6-14-11-16(21-3)9-7-13(14)10-15/h6-11,20H,4-5,12H2,1-3H3/t18-/m0/s1. The first-order chi connectivity index (χ1) is 10.5. The van der Waals surface area contributed by atoms with Gasteiger partial charge in [-0.1, -0.05) is 25.1 Å². The number of methoxy groups -OCH3 is 1. The Hall–Kier alpha value is -2.07. The molecular weight excluding hydrogens is 280 g/mol. The van der Waals surface area contributed by atoms with Gasteiger partial charge in [-0.3, -0.25) is 4.79 Å². The summed E-state index contributed by atoms with van der Waals surface area (Å²) in [4.78, 5) is 11.7. The summed E-state index contributed by atoms with van der Waals surface area (Å²) in [6.45, 7) is 3.93. The molecule has 0 spiro atoms. The van der Waals surface area contributed by atoms with Crippen molar-refractivity contribution in [2.75, 3.05) is 13.7 Å². The third kappa shape index (κ3) is 3.39. The predicted molar refractivity (Wildman–Crippen MR) is 85.9 cm³/mol. The second-order valence-corrected chi connectivity index (χ2v) is 5.29. The number of rotatable bonds is 6. The summed E-state index contributed by atoms with van der Waals surface area (Å²) in [6, 6.07) is 11.5. The van der Waals surface area contributed by atoms with E-state index in [1.807, 2.05) is 43.3 Å². The SMILES string of the molecule is CCOC(=O)C[C@@](O)(CC)c1ccc2cc(OC)ccc2c1. The van der Waals surface area contributed by atoms with Crippen LogP contribution in [0.4, 0.5) is 0 Å². The zero-order valence-corrected chi connectivity index (χ0v) is 13.3. The molecule has 0 aromatic heterocycles. The predicted octanol–water partition coefficient (Wildman–Crippen LogP) is 3.40. The van der Waals surface area contributed by atoms with Gasteiger partial charge in [0, 0.05) is 0 Å². The van der Waals surface area contributed by atoms with Gasteiger partial charge in [0.15, 0.2) is 0 Å². The number of hydrogen-bond donors (Lipinski definition) is 1. The maximum absolute atomic E-state index is 11.7. The van der Waals surface area contributed by atoms with E-state index in [-0.39, 0.29) is 12.4 Å². The van der Waals surface area contributed by atoms with Crippen LogP contribution in [-0.4, -0.2) is 24.8 Å². The van der Waals surface area contributed by atoms with Crippen LogP contribution in [0.25, 0.3) is 10.8 Å². The topological polar surface area (TPSA) is 55.8 Å². The molecule has 2 aromatic carbocycles. The van der Waals surface area contributed by atoms with Crippen LogP contribution in [0.2, 0.25) is 0 Å². The van der Waals surface area contributed by atoms with Crippen LogP contribution in [0.1, 0.15) is 32.3 Å². The first kappa shape index (κ1) is 16.3. The van der Waals surface area contributed by atoms with E-state index in [9.17, 15) is 9.90 Å².